The van der Waals surface area contributed by atoms with Gasteiger partial charge < -0.3 is 14.8 Å². The fourth-order valence-corrected chi connectivity index (χ4v) is 2.25. The monoisotopic (exact) mass is 280 g/mol. The third-order valence-electron chi connectivity index (χ3n) is 3.31. The summed E-state index contributed by atoms with van der Waals surface area (Å²) in [6, 6.07) is 7.67. The maximum absolute atomic E-state index is 6.15. The molecule has 0 fully saturated rings. The molecule has 1 atom stereocenters. The van der Waals surface area contributed by atoms with E-state index in [1.54, 1.807) is 0 Å². The zero-order chi connectivity index (χ0) is 12.6. The first kappa shape index (κ1) is 13.7. The zero-order valence-corrected chi connectivity index (χ0v) is 11.6. The van der Waals surface area contributed by atoms with Gasteiger partial charge in [0.1, 0.15) is 12.4 Å². The van der Waals surface area contributed by atoms with Crippen LogP contribution >= 0.6 is 12.4 Å². The van der Waals surface area contributed by atoms with Crippen LogP contribution in [-0.2, 0) is 0 Å². The van der Waals surface area contributed by atoms with E-state index in [1.165, 1.54) is 0 Å². The number of benzene rings is 1. The van der Waals surface area contributed by atoms with Crippen LogP contribution in [0.1, 0.15) is 6.92 Å². The summed E-state index contributed by atoms with van der Waals surface area (Å²) in [6.07, 6.45) is 0. The summed E-state index contributed by atoms with van der Waals surface area (Å²) < 4.78 is 12.0. The lowest BCUT2D eigenvalue weighted by Gasteiger charge is -2.38. The largest absolute Gasteiger partial charge is 0.485 e. The molecular weight excluding hydrogens is 264 g/mol. The van der Waals surface area contributed by atoms with Crippen LogP contribution in [0.3, 0.4) is 0 Å². The minimum atomic E-state index is -0.676. The summed E-state index contributed by atoms with van der Waals surface area (Å²) >= 11 is 0. The van der Waals surface area contributed by atoms with E-state index in [2.05, 4.69) is 16.9 Å². The SMILES string of the molecule is C=C(C)C1(C2=NCCN2)COc2ccccc2O1.Cl. The summed E-state index contributed by atoms with van der Waals surface area (Å²) in [6.45, 7) is 8.01. The number of ether oxygens (including phenoxy) is 2. The Labute approximate surface area is 118 Å². The first-order valence-electron chi connectivity index (χ1n) is 6.08. The van der Waals surface area contributed by atoms with Crippen LogP contribution in [0.25, 0.3) is 0 Å². The van der Waals surface area contributed by atoms with Crippen LogP contribution in [0.4, 0.5) is 0 Å². The van der Waals surface area contributed by atoms with Crippen molar-refractivity contribution < 1.29 is 9.47 Å². The van der Waals surface area contributed by atoms with Gasteiger partial charge in [-0.3, -0.25) is 4.99 Å². The van der Waals surface area contributed by atoms with Gasteiger partial charge in [0.15, 0.2) is 11.5 Å². The highest BCUT2D eigenvalue weighted by Crippen LogP contribution is 2.38. The molecule has 2 aliphatic heterocycles. The van der Waals surface area contributed by atoms with Crippen LogP contribution in [0.2, 0.25) is 0 Å². The maximum Gasteiger partial charge on any atom is 0.219 e. The predicted octanol–water partition coefficient (Wildman–Crippen LogP) is 2.20. The average Bonchev–Trinajstić information content (AvgIpc) is 2.92. The van der Waals surface area contributed by atoms with E-state index in [4.69, 9.17) is 9.47 Å². The van der Waals surface area contributed by atoms with Crippen molar-refractivity contribution in [3.05, 3.63) is 36.4 Å². The molecule has 0 bridgehead atoms. The molecule has 0 aliphatic carbocycles. The van der Waals surface area contributed by atoms with E-state index in [9.17, 15) is 0 Å². The topological polar surface area (TPSA) is 42.9 Å². The third kappa shape index (κ3) is 2.16. The molecule has 5 heteroatoms. The second kappa shape index (κ2) is 5.13. The Morgan fingerprint density at radius 1 is 1.37 bits per heavy atom. The highest BCUT2D eigenvalue weighted by Gasteiger charge is 2.45. The van der Waals surface area contributed by atoms with Gasteiger partial charge in [0.25, 0.3) is 0 Å². The first-order chi connectivity index (χ1) is 8.72. The number of nitrogens with zero attached hydrogens (tertiary/aromatic N) is 1. The van der Waals surface area contributed by atoms with Crippen LogP contribution in [0.15, 0.2) is 41.4 Å². The lowest BCUT2D eigenvalue weighted by molar-refractivity contribution is 0.0707. The van der Waals surface area contributed by atoms with Gasteiger partial charge in [-0.1, -0.05) is 18.7 Å². The number of hydrogen-bond donors (Lipinski definition) is 1. The third-order valence-corrected chi connectivity index (χ3v) is 3.31. The molecule has 4 nitrogen and oxygen atoms in total. The molecule has 0 amide bonds. The molecule has 19 heavy (non-hydrogen) atoms. The van der Waals surface area contributed by atoms with Crippen molar-refractivity contribution in [2.75, 3.05) is 19.7 Å². The molecule has 1 N–H and O–H groups in total. The highest BCUT2D eigenvalue weighted by molar-refractivity contribution is 5.95. The van der Waals surface area contributed by atoms with Crippen LogP contribution < -0.4 is 14.8 Å². The second-order valence-corrected chi connectivity index (χ2v) is 4.60. The molecule has 1 aromatic carbocycles. The summed E-state index contributed by atoms with van der Waals surface area (Å²) in [5, 5.41) is 3.26. The Bertz CT molecular complexity index is 530. The molecule has 0 saturated heterocycles. The summed E-state index contributed by atoms with van der Waals surface area (Å²) in [7, 11) is 0. The van der Waals surface area contributed by atoms with Crippen molar-refractivity contribution in [2.45, 2.75) is 12.5 Å². The normalized spacial score (nSPS) is 23.9. The van der Waals surface area contributed by atoms with Crippen molar-refractivity contribution >= 4 is 18.2 Å². The number of aliphatic imine (C=N–C) groups is 1. The molecule has 2 aliphatic rings. The number of halogens is 1. The molecule has 1 aromatic rings. The van der Waals surface area contributed by atoms with Crippen molar-refractivity contribution in [2.24, 2.45) is 4.99 Å². The quantitative estimate of drug-likeness (QED) is 0.845. The van der Waals surface area contributed by atoms with Gasteiger partial charge in [0, 0.05) is 6.54 Å². The van der Waals surface area contributed by atoms with Gasteiger partial charge in [-0.25, -0.2) is 0 Å². The number of para-hydroxylation sites is 2. The van der Waals surface area contributed by atoms with E-state index in [1.807, 2.05) is 31.2 Å². The average molecular weight is 281 g/mol. The first-order valence-corrected chi connectivity index (χ1v) is 6.08. The predicted molar refractivity (Wildman–Crippen MR) is 77.7 cm³/mol. The Morgan fingerprint density at radius 3 is 2.74 bits per heavy atom. The fraction of sp³-hybridized carbons (Fsp3) is 0.357. The minimum absolute atomic E-state index is 0. The van der Waals surface area contributed by atoms with Crippen LogP contribution in [0, 0.1) is 0 Å². The zero-order valence-electron chi connectivity index (χ0n) is 10.8. The van der Waals surface area contributed by atoms with Gasteiger partial charge in [-0.05, 0) is 24.6 Å². The Hall–Kier alpha value is -1.68. The van der Waals surface area contributed by atoms with Crippen LogP contribution in [-0.4, -0.2) is 31.1 Å². The van der Waals surface area contributed by atoms with Gasteiger partial charge in [-0.2, -0.15) is 0 Å². The molecule has 0 radical (unpaired) electrons. The highest BCUT2D eigenvalue weighted by atomic mass is 35.5. The molecule has 3 rings (SSSR count). The minimum Gasteiger partial charge on any atom is -0.485 e. The Morgan fingerprint density at radius 2 is 2.11 bits per heavy atom. The summed E-state index contributed by atoms with van der Waals surface area (Å²) in [5.41, 5.74) is 0.218. The van der Waals surface area contributed by atoms with Gasteiger partial charge in [0.2, 0.25) is 5.60 Å². The summed E-state index contributed by atoms with van der Waals surface area (Å²) in [5.74, 6) is 2.33. The number of hydrogen-bond acceptors (Lipinski definition) is 4. The second-order valence-electron chi connectivity index (χ2n) is 4.60. The van der Waals surface area contributed by atoms with Gasteiger partial charge in [-0.15, -0.1) is 12.4 Å². The van der Waals surface area contributed by atoms with E-state index in [0.717, 1.165) is 36.0 Å². The van der Waals surface area contributed by atoms with Crippen molar-refractivity contribution in [1.29, 1.82) is 0 Å². The lowest BCUT2D eigenvalue weighted by atomic mass is 9.94. The molecular formula is C14H17ClN2O2. The van der Waals surface area contributed by atoms with E-state index in [-0.39, 0.29) is 12.4 Å². The smallest absolute Gasteiger partial charge is 0.219 e. The van der Waals surface area contributed by atoms with Crippen molar-refractivity contribution in [3.63, 3.8) is 0 Å². The molecule has 0 saturated carbocycles. The molecule has 0 spiro atoms. The molecule has 0 aromatic heterocycles. The number of nitrogens with one attached hydrogen (secondary N) is 1. The maximum atomic E-state index is 6.15. The lowest BCUT2D eigenvalue weighted by Crippen LogP contribution is -2.56. The molecule has 2 heterocycles. The number of amidine groups is 1. The van der Waals surface area contributed by atoms with Crippen molar-refractivity contribution in [1.82, 2.24) is 5.32 Å². The number of rotatable bonds is 2. The summed E-state index contributed by atoms with van der Waals surface area (Å²) in [4.78, 5) is 4.47. The Kier molecular flexibility index (Phi) is 3.71. The fourth-order valence-electron chi connectivity index (χ4n) is 2.25. The standard InChI is InChI=1S/C14H16N2O2.ClH/c1-10(2)14(13-15-7-8-16-13)9-17-11-5-3-4-6-12(11)18-14;/h3-6H,1,7-9H2,2H3,(H,15,16);1H. The van der Waals surface area contributed by atoms with Crippen LogP contribution in [0.5, 0.6) is 11.5 Å². The Balaban J connectivity index is 0.00000133. The molecule has 1 unspecified atom stereocenters. The van der Waals surface area contributed by atoms with Crippen molar-refractivity contribution in [3.8, 4) is 11.5 Å². The van der Waals surface area contributed by atoms with E-state index >= 15 is 0 Å². The van der Waals surface area contributed by atoms with E-state index < -0.39 is 5.60 Å². The molecule has 102 valence electrons. The van der Waals surface area contributed by atoms with Gasteiger partial charge in [0.05, 0.1) is 6.54 Å². The number of fused-ring (bicyclic) bond motifs is 1. The van der Waals surface area contributed by atoms with E-state index in [0.29, 0.717) is 6.61 Å². The van der Waals surface area contributed by atoms with Gasteiger partial charge >= 0.3 is 0 Å².